The van der Waals surface area contributed by atoms with Crippen LogP contribution in [0.2, 0.25) is 5.02 Å². The molecular formula is C12H13ClN2O3S2. The van der Waals surface area contributed by atoms with Crippen LogP contribution in [-0.4, -0.2) is 43.5 Å². The molecule has 0 bridgehead atoms. The molecule has 0 saturated carbocycles. The zero-order valence-corrected chi connectivity index (χ0v) is 13.1. The van der Waals surface area contributed by atoms with E-state index in [1.54, 1.807) is 30.2 Å². The zero-order valence-electron chi connectivity index (χ0n) is 10.7. The highest BCUT2D eigenvalue weighted by Crippen LogP contribution is 2.43. The molecule has 8 heteroatoms. The molecule has 0 aromatic heterocycles. The van der Waals surface area contributed by atoms with Crippen LogP contribution in [0.25, 0.3) is 0 Å². The highest BCUT2D eigenvalue weighted by molar-refractivity contribution is 8.15. The monoisotopic (exact) mass is 332 g/mol. The highest BCUT2D eigenvalue weighted by Gasteiger charge is 2.49. The van der Waals surface area contributed by atoms with Crippen molar-refractivity contribution < 1.29 is 13.2 Å². The largest absolute Gasteiger partial charge is 0.495 e. The first-order valence-corrected chi connectivity index (χ1v) is 9.07. The highest BCUT2D eigenvalue weighted by atomic mass is 35.5. The van der Waals surface area contributed by atoms with Crippen LogP contribution in [0.15, 0.2) is 18.2 Å². The smallest absolute Gasteiger partial charge is 0.161 e. The van der Waals surface area contributed by atoms with Gasteiger partial charge in [-0.3, -0.25) is 5.41 Å². The molecule has 2 aliphatic rings. The number of methoxy groups -OCH3 is 1. The molecule has 3 rings (SSSR count). The molecule has 1 N–H and O–H groups in total. The van der Waals surface area contributed by atoms with E-state index in [-0.39, 0.29) is 22.8 Å². The van der Waals surface area contributed by atoms with Gasteiger partial charge in [-0.25, -0.2) is 8.42 Å². The molecule has 2 aliphatic heterocycles. The van der Waals surface area contributed by atoms with E-state index in [0.717, 1.165) is 0 Å². The number of anilines is 1. The van der Waals surface area contributed by atoms with Crippen molar-refractivity contribution in [3.8, 4) is 5.75 Å². The molecule has 0 aliphatic carbocycles. The zero-order chi connectivity index (χ0) is 14.5. The van der Waals surface area contributed by atoms with Crippen LogP contribution in [0.4, 0.5) is 5.69 Å². The van der Waals surface area contributed by atoms with Crippen molar-refractivity contribution in [1.29, 1.82) is 5.41 Å². The fourth-order valence-electron chi connectivity index (χ4n) is 2.64. The molecule has 2 heterocycles. The minimum Gasteiger partial charge on any atom is -0.495 e. The SMILES string of the molecule is COc1ccc(Cl)cc1N1C(=N)S[C@H]2CS(=O)(=O)C[C@H]21. The summed E-state index contributed by atoms with van der Waals surface area (Å²) in [6.07, 6.45) is 0. The average Bonchev–Trinajstić information content (AvgIpc) is 2.79. The predicted octanol–water partition coefficient (Wildman–Crippen LogP) is 2.00. The van der Waals surface area contributed by atoms with E-state index < -0.39 is 9.84 Å². The lowest BCUT2D eigenvalue weighted by Crippen LogP contribution is -2.37. The van der Waals surface area contributed by atoms with Crippen LogP contribution in [0, 0.1) is 5.41 Å². The van der Waals surface area contributed by atoms with Crippen molar-refractivity contribution in [3.05, 3.63) is 23.2 Å². The summed E-state index contributed by atoms with van der Waals surface area (Å²) in [7, 11) is -1.49. The molecule has 5 nitrogen and oxygen atoms in total. The van der Waals surface area contributed by atoms with Crippen LogP contribution in [0.5, 0.6) is 5.75 Å². The lowest BCUT2D eigenvalue weighted by molar-refractivity contribution is 0.415. The van der Waals surface area contributed by atoms with Crippen LogP contribution < -0.4 is 9.64 Å². The summed E-state index contributed by atoms with van der Waals surface area (Å²) in [6.45, 7) is 0. The Morgan fingerprint density at radius 1 is 1.45 bits per heavy atom. The number of thioether (sulfide) groups is 1. The maximum absolute atomic E-state index is 11.8. The lowest BCUT2D eigenvalue weighted by atomic mass is 10.2. The van der Waals surface area contributed by atoms with Gasteiger partial charge in [0.2, 0.25) is 0 Å². The van der Waals surface area contributed by atoms with E-state index in [9.17, 15) is 8.42 Å². The van der Waals surface area contributed by atoms with Gasteiger partial charge in [-0.1, -0.05) is 23.4 Å². The number of halogens is 1. The van der Waals surface area contributed by atoms with Gasteiger partial charge in [0.25, 0.3) is 0 Å². The number of nitrogens with zero attached hydrogens (tertiary/aromatic N) is 1. The number of hydrogen-bond acceptors (Lipinski definition) is 5. The molecule has 108 valence electrons. The molecule has 0 unspecified atom stereocenters. The first-order valence-electron chi connectivity index (χ1n) is 6.00. The lowest BCUT2D eigenvalue weighted by Gasteiger charge is -2.25. The molecule has 0 spiro atoms. The number of amidine groups is 1. The minimum absolute atomic E-state index is 0.0721. The maximum atomic E-state index is 11.8. The van der Waals surface area contributed by atoms with Crippen LogP contribution in [0.1, 0.15) is 0 Å². The van der Waals surface area contributed by atoms with Gasteiger partial charge in [-0.05, 0) is 18.2 Å². The van der Waals surface area contributed by atoms with Crippen LogP contribution in [0.3, 0.4) is 0 Å². The summed E-state index contributed by atoms with van der Waals surface area (Å²) in [5.41, 5.74) is 0.655. The van der Waals surface area contributed by atoms with Crippen molar-refractivity contribution in [2.24, 2.45) is 0 Å². The Bertz CT molecular complexity index is 677. The molecule has 0 amide bonds. The molecule has 2 saturated heterocycles. The second-order valence-corrected chi connectivity index (χ2v) is 8.61. The van der Waals surface area contributed by atoms with Gasteiger partial charge in [0.1, 0.15) is 5.75 Å². The van der Waals surface area contributed by atoms with E-state index >= 15 is 0 Å². The minimum atomic E-state index is -3.03. The van der Waals surface area contributed by atoms with E-state index in [2.05, 4.69) is 0 Å². The van der Waals surface area contributed by atoms with Crippen molar-refractivity contribution in [1.82, 2.24) is 0 Å². The Morgan fingerprint density at radius 2 is 2.20 bits per heavy atom. The Morgan fingerprint density at radius 3 is 2.90 bits per heavy atom. The third kappa shape index (κ3) is 2.27. The number of hydrogen-bond donors (Lipinski definition) is 1. The van der Waals surface area contributed by atoms with E-state index in [1.165, 1.54) is 11.8 Å². The number of sulfone groups is 1. The van der Waals surface area contributed by atoms with Gasteiger partial charge < -0.3 is 9.64 Å². The summed E-state index contributed by atoms with van der Waals surface area (Å²) in [4.78, 5) is 1.73. The van der Waals surface area contributed by atoms with Crippen LogP contribution in [-0.2, 0) is 9.84 Å². The first-order chi connectivity index (χ1) is 9.41. The second kappa shape index (κ2) is 4.82. The second-order valence-electron chi connectivity index (χ2n) is 4.79. The van der Waals surface area contributed by atoms with E-state index in [0.29, 0.717) is 21.6 Å². The quantitative estimate of drug-likeness (QED) is 0.897. The molecular weight excluding hydrogens is 320 g/mol. The van der Waals surface area contributed by atoms with Crippen molar-refractivity contribution >= 4 is 44.1 Å². The summed E-state index contributed by atoms with van der Waals surface area (Å²) < 4.78 is 28.9. The molecule has 0 radical (unpaired) electrons. The topological polar surface area (TPSA) is 70.5 Å². The maximum Gasteiger partial charge on any atom is 0.161 e. The van der Waals surface area contributed by atoms with Gasteiger partial charge in [0.15, 0.2) is 15.0 Å². The first kappa shape index (κ1) is 14.0. The number of ether oxygens (including phenoxy) is 1. The number of rotatable bonds is 2. The third-order valence-electron chi connectivity index (χ3n) is 3.49. The van der Waals surface area contributed by atoms with Gasteiger partial charge in [-0.15, -0.1) is 0 Å². The standard InChI is InChI=1S/C12H13ClN2O3S2/c1-18-10-3-2-7(13)4-8(10)15-9-5-20(16,17)6-11(9)19-12(15)14/h2-4,9,11,14H,5-6H2,1H3/t9-,11+/m1/s1. The summed E-state index contributed by atoms with van der Waals surface area (Å²) in [6, 6.07) is 4.93. The van der Waals surface area contributed by atoms with Gasteiger partial charge in [0, 0.05) is 10.3 Å². The number of benzene rings is 1. The van der Waals surface area contributed by atoms with Crippen molar-refractivity contribution in [2.45, 2.75) is 11.3 Å². The number of fused-ring (bicyclic) bond motifs is 1. The Balaban J connectivity index is 2.05. The Kier molecular flexibility index (Phi) is 3.38. The van der Waals surface area contributed by atoms with Gasteiger partial charge in [0.05, 0.1) is 30.3 Å². The Hall–Kier alpha value is -0.920. The van der Waals surface area contributed by atoms with Crippen LogP contribution >= 0.6 is 23.4 Å². The van der Waals surface area contributed by atoms with Crippen molar-refractivity contribution in [2.75, 3.05) is 23.5 Å². The summed E-state index contributed by atoms with van der Waals surface area (Å²) >= 11 is 7.32. The summed E-state index contributed by atoms with van der Waals surface area (Å²) in [5.74, 6) is 0.789. The fraction of sp³-hybridized carbons (Fsp3) is 0.417. The molecule has 20 heavy (non-hydrogen) atoms. The molecule has 1 aromatic rings. The third-order valence-corrected chi connectivity index (χ3v) is 6.85. The van der Waals surface area contributed by atoms with Gasteiger partial charge >= 0.3 is 0 Å². The van der Waals surface area contributed by atoms with Gasteiger partial charge in [-0.2, -0.15) is 0 Å². The van der Waals surface area contributed by atoms with E-state index in [1.807, 2.05) is 0 Å². The fourth-order valence-corrected chi connectivity index (χ4v) is 6.59. The average molecular weight is 333 g/mol. The van der Waals surface area contributed by atoms with E-state index in [4.69, 9.17) is 21.7 Å². The normalized spacial score (nSPS) is 27.7. The molecule has 1 aromatic carbocycles. The Labute approximate surface area is 126 Å². The van der Waals surface area contributed by atoms with Crippen molar-refractivity contribution in [3.63, 3.8) is 0 Å². The number of nitrogens with one attached hydrogen (secondary N) is 1. The molecule has 2 atom stereocenters. The summed E-state index contributed by atoms with van der Waals surface area (Å²) in [5, 5.41) is 8.90. The molecule has 2 fully saturated rings. The predicted molar refractivity (Wildman–Crippen MR) is 82.0 cm³/mol.